The van der Waals surface area contributed by atoms with Crippen LogP contribution >= 0.6 is 0 Å². The molecule has 27 heavy (non-hydrogen) atoms. The van der Waals surface area contributed by atoms with E-state index < -0.39 is 0 Å². The second-order valence-corrected chi connectivity index (χ2v) is 7.38. The number of nitrogens with zero attached hydrogens (tertiary/aromatic N) is 3. The fourth-order valence-corrected chi connectivity index (χ4v) is 3.38. The summed E-state index contributed by atoms with van der Waals surface area (Å²) in [6.07, 6.45) is 5.67. The lowest BCUT2D eigenvalue weighted by Crippen LogP contribution is -2.30. The molecule has 1 saturated carbocycles. The van der Waals surface area contributed by atoms with E-state index in [1.165, 1.54) is 0 Å². The number of benzene rings is 1. The highest BCUT2D eigenvalue weighted by atomic mass is 16.5. The van der Waals surface area contributed by atoms with Crippen molar-refractivity contribution in [1.29, 1.82) is 0 Å². The van der Waals surface area contributed by atoms with Crippen molar-refractivity contribution < 1.29 is 9.53 Å². The Labute approximate surface area is 158 Å². The van der Waals surface area contributed by atoms with Crippen LogP contribution in [-0.4, -0.2) is 27.8 Å². The first-order chi connectivity index (χ1) is 13.1. The maximum absolute atomic E-state index is 12.9. The number of carbonyl (C=O) groups is 1. The average Bonchev–Trinajstić information content (AvgIpc) is 3.43. The van der Waals surface area contributed by atoms with Crippen molar-refractivity contribution in [3.63, 3.8) is 0 Å². The monoisotopic (exact) mass is 364 g/mol. The van der Waals surface area contributed by atoms with E-state index in [2.05, 4.69) is 29.2 Å². The van der Waals surface area contributed by atoms with Gasteiger partial charge in [0.05, 0.1) is 24.9 Å². The molecule has 1 aromatic carbocycles. The second-order valence-electron chi connectivity index (χ2n) is 7.38. The largest absolute Gasteiger partial charge is 0.497 e. The molecule has 3 aromatic rings. The summed E-state index contributed by atoms with van der Waals surface area (Å²) in [5, 5.41) is 8.44. The maximum atomic E-state index is 12.9. The van der Waals surface area contributed by atoms with Crippen LogP contribution in [0.5, 0.6) is 5.75 Å². The second kappa shape index (κ2) is 7.02. The Kier molecular flexibility index (Phi) is 4.56. The molecule has 0 radical (unpaired) electrons. The summed E-state index contributed by atoms with van der Waals surface area (Å²) >= 11 is 0. The lowest BCUT2D eigenvalue weighted by molar-refractivity contribution is 0.0931. The lowest BCUT2D eigenvalue weighted by Gasteiger charge is -2.19. The summed E-state index contributed by atoms with van der Waals surface area (Å²) in [7, 11) is 1.65. The Bertz CT molecular complexity index is 958. The van der Waals surface area contributed by atoms with Crippen LogP contribution in [0, 0.1) is 5.92 Å². The number of hydrogen-bond acceptors (Lipinski definition) is 4. The highest BCUT2D eigenvalue weighted by Crippen LogP contribution is 2.41. The minimum atomic E-state index is -0.102. The van der Waals surface area contributed by atoms with E-state index in [-0.39, 0.29) is 18.0 Å². The topological polar surface area (TPSA) is 69.0 Å². The SMILES string of the molecule is COc1ccc([C@@H](NC(=O)c2cnc3c(cnn3C(C)C)c2)C2CC2)cc1. The van der Waals surface area contributed by atoms with Gasteiger partial charge in [0.1, 0.15) is 5.75 Å². The van der Waals surface area contributed by atoms with Crippen LogP contribution in [0.2, 0.25) is 0 Å². The third-order valence-electron chi connectivity index (χ3n) is 5.04. The number of carbonyl (C=O) groups excluding carboxylic acids is 1. The van der Waals surface area contributed by atoms with Crippen molar-refractivity contribution in [3.8, 4) is 5.75 Å². The molecule has 1 amide bonds. The third-order valence-corrected chi connectivity index (χ3v) is 5.04. The molecule has 1 N–H and O–H groups in total. The Morgan fingerprint density at radius 1 is 1.22 bits per heavy atom. The summed E-state index contributed by atoms with van der Waals surface area (Å²) in [6, 6.07) is 10.0. The molecular weight excluding hydrogens is 340 g/mol. The Hall–Kier alpha value is -2.89. The number of hydrogen-bond donors (Lipinski definition) is 1. The predicted molar refractivity (Wildman–Crippen MR) is 104 cm³/mol. The van der Waals surface area contributed by atoms with E-state index in [0.717, 1.165) is 35.2 Å². The summed E-state index contributed by atoms with van der Waals surface area (Å²) < 4.78 is 7.09. The first-order valence-corrected chi connectivity index (χ1v) is 9.35. The average molecular weight is 364 g/mol. The Morgan fingerprint density at radius 2 is 1.96 bits per heavy atom. The minimum absolute atomic E-state index is 0.0116. The van der Waals surface area contributed by atoms with Gasteiger partial charge in [-0.1, -0.05) is 12.1 Å². The van der Waals surface area contributed by atoms with Crippen molar-refractivity contribution in [2.75, 3.05) is 7.11 Å². The number of rotatable bonds is 6. The van der Waals surface area contributed by atoms with Gasteiger partial charge in [0, 0.05) is 17.6 Å². The van der Waals surface area contributed by atoms with Gasteiger partial charge in [0.2, 0.25) is 0 Å². The van der Waals surface area contributed by atoms with Gasteiger partial charge in [-0.2, -0.15) is 5.10 Å². The summed E-state index contributed by atoms with van der Waals surface area (Å²) in [5.74, 6) is 1.20. The van der Waals surface area contributed by atoms with Gasteiger partial charge in [-0.3, -0.25) is 4.79 Å². The Balaban J connectivity index is 1.56. The van der Waals surface area contributed by atoms with E-state index in [4.69, 9.17) is 4.74 Å². The minimum Gasteiger partial charge on any atom is -0.497 e. The van der Waals surface area contributed by atoms with Crippen LogP contribution in [0.1, 0.15) is 54.7 Å². The number of pyridine rings is 1. The fraction of sp³-hybridized carbons (Fsp3) is 0.381. The van der Waals surface area contributed by atoms with Crippen LogP contribution < -0.4 is 10.1 Å². The van der Waals surface area contributed by atoms with Crippen LogP contribution in [-0.2, 0) is 0 Å². The molecular formula is C21H24N4O2. The summed E-state index contributed by atoms with van der Waals surface area (Å²) in [5.41, 5.74) is 2.47. The van der Waals surface area contributed by atoms with E-state index in [0.29, 0.717) is 11.5 Å². The van der Waals surface area contributed by atoms with Crippen LogP contribution in [0.15, 0.2) is 42.7 Å². The quantitative estimate of drug-likeness (QED) is 0.720. The summed E-state index contributed by atoms with van der Waals surface area (Å²) in [4.78, 5) is 17.3. The molecule has 1 atom stereocenters. The standard InChI is InChI=1S/C21H24N4O2/c1-13(2)25-20-16(12-23-25)10-17(11-22-20)21(26)24-19(14-4-5-14)15-6-8-18(27-3)9-7-15/h6-14,19H,4-5H2,1-3H3,(H,24,26)/t19-/m0/s1. The van der Waals surface area contributed by atoms with E-state index in [9.17, 15) is 4.79 Å². The molecule has 1 fully saturated rings. The van der Waals surface area contributed by atoms with Crippen molar-refractivity contribution in [2.24, 2.45) is 5.92 Å². The summed E-state index contributed by atoms with van der Waals surface area (Å²) in [6.45, 7) is 4.12. The number of nitrogens with one attached hydrogen (secondary N) is 1. The zero-order valence-electron chi connectivity index (χ0n) is 15.8. The molecule has 0 spiro atoms. The van der Waals surface area contributed by atoms with Gasteiger partial charge in [0.15, 0.2) is 5.65 Å². The molecule has 6 heteroatoms. The van der Waals surface area contributed by atoms with Crippen molar-refractivity contribution in [2.45, 2.75) is 38.8 Å². The van der Waals surface area contributed by atoms with Gasteiger partial charge >= 0.3 is 0 Å². The normalized spacial score (nSPS) is 15.1. The smallest absolute Gasteiger partial charge is 0.253 e. The molecule has 1 aliphatic rings. The van der Waals surface area contributed by atoms with Crippen molar-refractivity contribution in [3.05, 3.63) is 53.9 Å². The zero-order chi connectivity index (χ0) is 19.0. The molecule has 0 bridgehead atoms. The van der Waals surface area contributed by atoms with Gasteiger partial charge in [-0.05, 0) is 56.4 Å². The number of ether oxygens (including phenoxy) is 1. The molecule has 2 heterocycles. The first-order valence-electron chi connectivity index (χ1n) is 9.35. The molecule has 4 rings (SSSR count). The van der Waals surface area contributed by atoms with E-state index >= 15 is 0 Å². The molecule has 0 saturated heterocycles. The fourth-order valence-electron chi connectivity index (χ4n) is 3.38. The van der Waals surface area contributed by atoms with Crippen LogP contribution in [0.3, 0.4) is 0 Å². The van der Waals surface area contributed by atoms with E-state index in [1.54, 1.807) is 19.5 Å². The van der Waals surface area contributed by atoms with E-state index in [1.807, 2.05) is 35.0 Å². The highest BCUT2D eigenvalue weighted by Gasteiger charge is 2.33. The zero-order valence-corrected chi connectivity index (χ0v) is 15.8. The van der Waals surface area contributed by atoms with Crippen LogP contribution in [0.4, 0.5) is 0 Å². The molecule has 2 aromatic heterocycles. The first kappa shape index (κ1) is 17.5. The highest BCUT2D eigenvalue weighted by molar-refractivity contribution is 5.97. The number of aromatic nitrogens is 3. The lowest BCUT2D eigenvalue weighted by atomic mass is 10.0. The molecule has 6 nitrogen and oxygen atoms in total. The van der Waals surface area contributed by atoms with Crippen molar-refractivity contribution >= 4 is 16.9 Å². The predicted octanol–water partition coefficient (Wildman–Crippen LogP) is 3.90. The molecule has 0 unspecified atom stereocenters. The van der Waals surface area contributed by atoms with Gasteiger partial charge < -0.3 is 10.1 Å². The van der Waals surface area contributed by atoms with Crippen molar-refractivity contribution in [1.82, 2.24) is 20.1 Å². The number of fused-ring (bicyclic) bond motifs is 1. The number of amides is 1. The van der Waals surface area contributed by atoms with Gasteiger partial charge in [-0.25, -0.2) is 9.67 Å². The maximum Gasteiger partial charge on any atom is 0.253 e. The third kappa shape index (κ3) is 3.52. The van der Waals surface area contributed by atoms with Gasteiger partial charge in [-0.15, -0.1) is 0 Å². The van der Waals surface area contributed by atoms with Crippen LogP contribution in [0.25, 0.3) is 11.0 Å². The Morgan fingerprint density at radius 3 is 2.59 bits per heavy atom. The molecule has 1 aliphatic carbocycles. The molecule has 140 valence electrons. The van der Waals surface area contributed by atoms with Gasteiger partial charge in [0.25, 0.3) is 5.91 Å². The molecule has 0 aliphatic heterocycles. The number of methoxy groups -OCH3 is 1.